The van der Waals surface area contributed by atoms with E-state index in [0.717, 1.165) is 26.2 Å². The van der Waals surface area contributed by atoms with Gasteiger partial charge in [-0.2, -0.15) is 0 Å². The SMILES string of the molecule is Cc1cccc(N2CCN(C3CCCC3N)CC2)c1. The van der Waals surface area contributed by atoms with Crippen LogP contribution in [0.1, 0.15) is 24.8 Å². The van der Waals surface area contributed by atoms with Crippen LogP contribution in [0.3, 0.4) is 0 Å². The van der Waals surface area contributed by atoms with Crippen LogP contribution >= 0.6 is 0 Å². The quantitative estimate of drug-likeness (QED) is 0.881. The summed E-state index contributed by atoms with van der Waals surface area (Å²) in [7, 11) is 0. The van der Waals surface area contributed by atoms with Gasteiger partial charge in [-0.1, -0.05) is 18.6 Å². The highest BCUT2D eigenvalue weighted by Crippen LogP contribution is 2.25. The molecule has 1 aromatic rings. The topological polar surface area (TPSA) is 32.5 Å². The molecule has 1 aliphatic heterocycles. The maximum atomic E-state index is 6.22. The fraction of sp³-hybridized carbons (Fsp3) is 0.625. The second kappa shape index (κ2) is 5.51. The molecular weight excluding hydrogens is 234 g/mol. The maximum absolute atomic E-state index is 6.22. The molecule has 3 rings (SSSR count). The van der Waals surface area contributed by atoms with E-state index in [1.54, 1.807) is 0 Å². The Kier molecular flexibility index (Phi) is 3.76. The Morgan fingerprint density at radius 1 is 1.11 bits per heavy atom. The molecule has 1 heterocycles. The molecule has 0 amide bonds. The summed E-state index contributed by atoms with van der Waals surface area (Å²) in [6.07, 6.45) is 3.82. The molecule has 1 aliphatic carbocycles. The van der Waals surface area contributed by atoms with E-state index >= 15 is 0 Å². The van der Waals surface area contributed by atoms with Gasteiger partial charge in [-0.15, -0.1) is 0 Å². The Bertz CT molecular complexity index is 424. The molecule has 19 heavy (non-hydrogen) atoms. The largest absolute Gasteiger partial charge is 0.369 e. The third kappa shape index (κ3) is 2.77. The lowest BCUT2D eigenvalue weighted by molar-refractivity contribution is 0.175. The molecule has 2 atom stereocenters. The van der Waals surface area contributed by atoms with Crippen LogP contribution in [0.15, 0.2) is 24.3 Å². The zero-order valence-electron chi connectivity index (χ0n) is 11.9. The fourth-order valence-corrected chi connectivity index (χ4v) is 3.56. The number of hydrogen-bond acceptors (Lipinski definition) is 3. The van der Waals surface area contributed by atoms with Gasteiger partial charge in [0.05, 0.1) is 0 Å². The molecule has 1 saturated carbocycles. The highest BCUT2D eigenvalue weighted by molar-refractivity contribution is 5.48. The van der Waals surface area contributed by atoms with Crippen molar-refractivity contribution in [2.45, 2.75) is 38.3 Å². The minimum atomic E-state index is 0.408. The molecule has 2 fully saturated rings. The van der Waals surface area contributed by atoms with Gasteiger partial charge in [0.1, 0.15) is 0 Å². The average molecular weight is 259 g/mol. The summed E-state index contributed by atoms with van der Waals surface area (Å²) >= 11 is 0. The molecule has 2 aliphatic rings. The van der Waals surface area contributed by atoms with E-state index in [4.69, 9.17) is 5.73 Å². The van der Waals surface area contributed by atoms with Crippen LogP contribution in [-0.2, 0) is 0 Å². The molecule has 2 unspecified atom stereocenters. The molecular formula is C16H25N3. The summed E-state index contributed by atoms with van der Waals surface area (Å²) in [6, 6.07) is 9.88. The number of anilines is 1. The third-order valence-electron chi connectivity index (χ3n) is 4.68. The number of benzene rings is 1. The van der Waals surface area contributed by atoms with Gasteiger partial charge in [-0.3, -0.25) is 4.90 Å². The summed E-state index contributed by atoms with van der Waals surface area (Å²) in [5.74, 6) is 0. The highest BCUT2D eigenvalue weighted by atomic mass is 15.3. The van der Waals surface area contributed by atoms with E-state index in [9.17, 15) is 0 Å². The van der Waals surface area contributed by atoms with E-state index < -0.39 is 0 Å². The number of piperazine rings is 1. The summed E-state index contributed by atoms with van der Waals surface area (Å²) in [4.78, 5) is 5.12. The average Bonchev–Trinajstić information content (AvgIpc) is 2.85. The van der Waals surface area contributed by atoms with Crippen molar-refractivity contribution in [2.24, 2.45) is 5.73 Å². The van der Waals surface area contributed by atoms with Crippen molar-refractivity contribution in [1.29, 1.82) is 0 Å². The Labute approximate surface area is 116 Å². The predicted molar refractivity (Wildman–Crippen MR) is 80.6 cm³/mol. The molecule has 0 aromatic heterocycles. The van der Waals surface area contributed by atoms with Crippen LogP contribution in [-0.4, -0.2) is 43.2 Å². The van der Waals surface area contributed by atoms with Gasteiger partial charge in [-0.05, 0) is 37.5 Å². The number of rotatable bonds is 2. The molecule has 1 aromatic carbocycles. The molecule has 2 N–H and O–H groups in total. The molecule has 3 nitrogen and oxygen atoms in total. The fourth-order valence-electron chi connectivity index (χ4n) is 3.56. The maximum Gasteiger partial charge on any atom is 0.0369 e. The van der Waals surface area contributed by atoms with Crippen molar-refractivity contribution in [1.82, 2.24) is 4.90 Å². The van der Waals surface area contributed by atoms with Crippen LogP contribution in [0.25, 0.3) is 0 Å². The highest BCUT2D eigenvalue weighted by Gasteiger charge is 2.31. The Morgan fingerprint density at radius 2 is 1.89 bits per heavy atom. The van der Waals surface area contributed by atoms with Crippen LogP contribution in [0.2, 0.25) is 0 Å². The molecule has 0 bridgehead atoms. The van der Waals surface area contributed by atoms with Gasteiger partial charge in [0.2, 0.25) is 0 Å². The lowest BCUT2D eigenvalue weighted by atomic mass is 10.1. The second-order valence-electron chi connectivity index (χ2n) is 6.02. The smallest absolute Gasteiger partial charge is 0.0369 e. The van der Waals surface area contributed by atoms with E-state index in [2.05, 4.69) is 41.0 Å². The minimum Gasteiger partial charge on any atom is -0.369 e. The standard InChI is InChI=1S/C16H25N3/c1-13-4-2-5-14(12-13)18-8-10-19(11-9-18)16-7-3-6-15(16)17/h2,4-5,12,15-16H,3,6-11,17H2,1H3. The number of nitrogens with zero attached hydrogens (tertiary/aromatic N) is 2. The first-order valence-corrected chi connectivity index (χ1v) is 7.55. The zero-order valence-corrected chi connectivity index (χ0v) is 11.9. The molecule has 0 spiro atoms. The van der Waals surface area contributed by atoms with Crippen molar-refractivity contribution in [3.8, 4) is 0 Å². The second-order valence-corrected chi connectivity index (χ2v) is 6.02. The molecule has 0 radical (unpaired) electrons. The van der Waals surface area contributed by atoms with Gasteiger partial charge in [-0.25, -0.2) is 0 Å². The van der Waals surface area contributed by atoms with Gasteiger partial charge in [0, 0.05) is 44.0 Å². The number of aryl methyl sites for hydroxylation is 1. The lowest BCUT2D eigenvalue weighted by Gasteiger charge is -2.40. The summed E-state index contributed by atoms with van der Waals surface area (Å²) in [6.45, 7) is 6.75. The first-order valence-electron chi connectivity index (χ1n) is 7.55. The van der Waals surface area contributed by atoms with Crippen LogP contribution < -0.4 is 10.6 Å². The molecule has 3 heteroatoms. The number of hydrogen-bond donors (Lipinski definition) is 1. The van der Waals surface area contributed by atoms with E-state index in [1.807, 2.05) is 0 Å². The molecule has 1 saturated heterocycles. The van der Waals surface area contributed by atoms with Gasteiger partial charge < -0.3 is 10.6 Å². The zero-order chi connectivity index (χ0) is 13.2. The summed E-state index contributed by atoms with van der Waals surface area (Å²) < 4.78 is 0. The van der Waals surface area contributed by atoms with Gasteiger partial charge >= 0.3 is 0 Å². The Balaban J connectivity index is 1.60. The third-order valence-corrected chi connectivity index (χ3v) is 4.68. The lowest BCUT2D eigenvalue weighted by Crippen LogP contribution is -2.53. The van der Waals surface area contributed by atoms with Crippen LogP contribution in [0.4, 0.5) is 5.69 Å². The van der Waals surface area contributed by atoms with Crippen molar-refractivity contribution in [3.63, 3.8) is 0 Å². The van der Waals surface area contributed by atoms with E-state index in [1.165, 1.54) is 30.5 Å². The van der Waals surface area contributed by atoms with Gasteiger partial charge in [0.25, 0.3) is 0 Å². The Hall–Kier alpha value is -1.06. The normalized spacial score (nSPS) is 28.8. The van der Waals surface area contributed by atoms with Crippen molar-refractivity contribution in [2.75, 3.05) is 31.1 Å². The monoisotopic (exact) mass is 259 g/mol. The van der Waals surface area contributed by atoms with Crippen LogP contribution in [0.5, 0.6) is 0 Å². The van der Waals surface area contributed by atoms with Crippen LogP contribution in [0, 0.1) is 6.92 Å². The van der Waals surface area contributed by atoms with Crippen molar-refractivity contribution >= 4 is 5.69 Å². The van der Waals surface area contributed by atoms with Crippen molar-refractivity contribution in [3.05, 3.63) is 29.8 Å². The Morgan fingerprint density at radius 3 is 2.53 bits per heavy atom. The summed E-state index contributed by atoms with van der Waals surface area (Å²) in [5, 5.41) is 0. The summed E-state index contributed by atoms with van der Waals surface area (Å²) in [5.41, 5.74) is 8.94. The van der Waals surface area contributed by atoms with E-state index in [0.29, 0.717) is 12.1 Å². The number of nitrogens with two attached hydrogens (primary N) is 1. The van der Waals surface area contributed by atoms with Gasteiger partial charge in [0.15, 0.2) is 0 Å². The first-order chi connectivity index (χ1) is 9.24. The minimum absolute atomic E-state index is 0.408. The predicted octanol–water partition coefficient (Wildman–Crippen LogP) is 2.00. The molecule has 104 valence electrons. The van der Waals surface area contributed by atoms with E-state index in [-0.39, 0.29) is 0 Å². The van der Waals surface area contributed by atoms with Crippen molar-refractivity contribution < 1.29 is 0 Å². The first kappa shape index (κ1) is 12.9.